The second kappa shape index (κ2) is 11.1. The van der Waals surface area contributed by atoms with Crippen LogP contribution in [0.3, 0.4) is 0 Å². The van der Waals surface area contributed by atoms with Crippen molar-refractivity contribution in [2.75, 3.05) is 33.3 Å². The standard InChI is InChI=1S/C19H28F2N4O2.HI/c1-13-5-6-17(27-18(20)21)14(8-13)9-23-19(22-2)24-10-16-11-25-7-3-4-15(25)12-26-16;/h5-6,8,15-16,18H,3-4,7,9-12H2,1-2H3,(H2,22,23,24);1H. The van der Waals surface area contributed by atoms with Gasteiger partial charge in [0.2, 0.25) is 0 Å². The topological polar surface area (TPSA) is 58.1 Å². The van der Waals surface area contributed by atoms with Gasteiger partial charge in [0.05, 0.1) is 12.7 Å². The summed E-state index contributed by atoms with van der Waals surface area (Å²) in [6, 6.07) is 5.72. The van der Waals surface area contributed by atoms with Crippen molar-refractivity contribution < 1.29 is 18.3 Å². The van der Waals surface area contributed by atoms with Crippen LogP contribution in [-0.2, 0) is 11.3 Å². The Hall–Kier alpha value is -1.20. The first kappa shape index (κ1) is 23.1. The molecule has 2 aliphatic heterocycles. The van der Waals surface area contributed by atoms with E-state index in [0.29, 0.717) is 30.7 Å². The Kier molecular flexibility index (Phi) is 9.16. The molecule has 0 amide bonds. The highest BCUT2D eigenvalue weighted by Crippen LogP contribution is 2.23. The molecule has 0 radical (unpaired) electrons. The number of rotatable bonds is 6. The number of hydrogen-bond donors (Lipinski definition) is 2. The monoisotopic (exact) mass is 510 g/mol. The van der Waals surface area contributed by atoms with Crippen LogP contribution in [0, 0.1) is 6.92 Å². The van der Waals surface area contributed by atoms with Crippen LogP contribution in [-0.4, -0.2) is 62.9 Å². The summed E-state index contributed by atoms with van der Waals surface area (Å²) in [6.45, 7) is 2.92. The highest BCUT2D eigenvalue weighted by Gasteiger charge is 2.32. The molecule has 2 heterocycles. The van der Waals surface area contributed by atoms with Gasteiger partial charge in [-0.3, -0.25) is 9.89 Å². The van der Waals surface area contributed by atoms with E-state index in [2.05, 4.69) is 25.3 Å². The Labute approximate surface area is 182 Å². The molecule has 2 fully saturated rings. The fourth-order valence-corrected chi connectivity index (χ4v) is 3.68. The molecule has 2 aliphatic rings. The van der Waals surface area contributed by atoms with Crippen molar-refractivity contribution in [2.45, 2.75) is 45.1 Å². The Morgan fingerprint density at radius 2 is 2.21 bits per heavy atom. The molecule has 2 atom stereocenters. The van der Waals surface area contributed by atoms with E-state index in [9.17, 15) is 8.78 Å². The number of ether oxygens (including phenoxy) is 2. The Morgan fingerprint density at radius 3 is 2.96 bits per heavy atom. The van der Waals surface area contributed by atoms with E-state index in [4.69, 9.17) is 4.74 Å². The summed E-state index contributed by atoms with van der Waals surface area (Å²) in [4.78, 5) is 6.70. The van der Waals surface area contributed by atoms with Crippen LogP contribution in [0.4, 0.5) is 8.78 Å². The smallest absolute Gasteiger partial charge is 0.387 e. The van der Waals surface area contributed by atoms with Gasteiger partial charge in [0.25, 0.3) is 0 Å². The van der Waals surface area contributed by atoms with E-state index in [1.165, 1.54) is 12.8 Å². The normalized spacial score (nSPS) is 22.5. The van der Waals surface area contributed by atoms with Crippen LogP contribution in [0.1, 0.15) is 24.0 Å². The lowest BCUT2D eigenvalue weighted by Gasteiger charge is -2.35. The molecule has 9 heteroatoms. The van der Waals surface area contributed by atoms with Crippen molar-refractivity contribution in [3.63, 3.8) is 0 Å². The van der Waals surface area contributed by atoms with Gasteiger partial charge >= 0.3 is 6.61 Å². The number of aliphatic imine (C=N–C) groups is 1. The first-order chi connectivity index (χ1) is 13.0. The van der Waals surface area contributed by atoms with Gasteiger partial charge in [0, 0.05) is 38.3 Å². The SMILES string of the molecule is CN=C(NCc1cc(C)ccc1OC(F)F)NCC1CN2CCCC2CO1.I. The summed E-state index contributed by atoms with van der Waals surface area (Å²) < 4.78 is 35.7. The summed E-state index contributed by atoms with van der Waals surface area (Å²) in [5.41, 5.74) is 1.64. The fraction of sp³-hybridized carbons (Fsp3) is 0.632. The second-order valence-electron chi connectivity index (χ2n) is 7.04. The minimum absolute atomic E-state index is 0. The molecule has 0 bridgehead atoms. The van der Waals surface area contributed by atoms with Crippen LogP contribution < -0.4 is 15.4 Å². The lowest BCUT2D eigenvalue weighted by atomic mass is 10.1. The van der Waals surface area contributed by atoms with E-state index in [1.54, 1.807) is 19.2 Å². The van der Waals surface area contributed by atoms with E-state index in [-0.39, 0.29) is 35.8 Å². The molecule has 158 valence electrons. The second-order valence-corrected chi connectivity index (χ2v) is 7.04. The van der Waals surface area contributed by atoms with Crippen molar-refractivity contribution >= 4 is 29.9 Å². The third-order valence-electron chi connectivity index (χ3n) is 5.06. The molecule has 28 heavy (non-hydrogen) atoms. The average molecular weight is 510 g/mol. The highest BCUT2D eigenvalue weighted by atomic mass is 127. The molecule has 0 saturated carbocycles. The number of fused-ring (bicyclic) bond motifs is 1. The first-order valence-corrected chi connectivity index (χ1v) is 9.39. The van der Waals surface area contributed by atoms with Crippen LogP contribution in [0.5, 0.6) is 5.75 Å². The number of hydrogen-bond acceptors (Lipinski definition) is 4. The number of aryl methyl sites for hydroxylation is 1. The van der Waals surface area contributed by atoms with E-state index in [0.717, 1.165) is 25.3 Å². The van der Waals surface area contributed by atoms with Gasteiger partial charge in [-0.1, -0.05) is 17.7 Å². The largest absolute Gasteiger partial charge is 0.434 e. The predicted octanol–water partition coefficient (Wildman–Crippen LogP) is 2.74. The highest BCUT2D eigenvalue weighted by molar-refractivity contribution is 14.0. The summed E-state index contributed by atoms with van der Waals surface area (Å²) in [5.74, 6) is 0.779. The minimum atomic E-state index is -2.85. The van der Waals surface area contributed by atoms with Crippen molar-refractivity contribution in [1.82, 2.24) is 15.5 Å². The Morgan fingerprint density at radius 1 is 1.39 bits per heavy atom. The van der Waals surface area contributed by atoms with Gasteiger partial charge in [-0.25, -0.2) is 0 Å². The van der Waals surface area contributed by atoms with Crippen molar-refractivity contribution in [2.24, 2.45) is 4.99 Å². The number of nitrogens with zero attached hydrogens (tertiary/aromatic N) is 2. The summed E-state index contributed by atoms with van der Waals surface area (Å²) in [5, 5.41) is 6.42. The third kappa shape index (κ3) is 6.41. The molecule has 2 unspecified atom stereocenters. The number of halogens is 3. The quantitative estimate of drug-likeness (QED) is 0.351. The molecule has 0 aromatic heterocycles. The van der Waals surface area contributed by atoms with Crippen LogP contribution >= 0.6 is 24.0 Å². The van der Waals surface area contributed by atoms with Gasteiger partial charge in [-0.15, -0.1) is 24.0 Å². The lowest BCUT2D eigenvalue weighted by molar-refractivity contribution is -0.0505. The van der Waals surface area contributed by atoms with Crippen molar-refractivity contribution in [3.8, 4) is 5.75 Å². The van der Waals surface area contributed by atoms with Gasteiger partial charge in [-0.05, 0) is 32.4 Å². The lowest BCUT2D eigenvalue weighted by Crippen LogP contribution is -2.51. The van der Waals surface area contributed by atoms with Gasteiger partial charge < -0.3 is 20.1 Å². The zero-order chi connectivity index (χ0) is 19.2. The molecule has 1 aromatic rings. The molecule has 1 aromatic carbocycles. The maximum Gasteiger partial charge on any atom is 0.387 e. The maximum absolute atomic E-state index is 12.6. The van der Waals surface area contributed by atoms with E-state index >= 15 is 0 Å². The number of guanidine groups is 1. The molecular formula is C19H29F2IN4O2. The number of benzene rings is 1. The van der Waals surface area contributed by atoms with Gasteiger partial charge in [-0.2, -0.15) is 8.78 Å². The van der Waals surface area contributed by atoms with Gasteiger partial charge in [0.15, 0.2) is 5.96 Å². The molecule has 6 nitrogen and oxygen atoms in total. The van der Waals surface area contributed by atoms with Crippen molar-refractivity contribution in [3.05, 3.63) is 29.3 Å². The zero-order valence-corrected chi connectivity index (χ0v) is 18.6. The minimum Gasteiger partial charge on any atom is -0.434 e. The van der Waals surface area contributed by atoms with Crippen LogP contribution in [0.2, 0.25) is 0 Å². The van der Waals surface area contributed by atoms with Crippen LogP contribution in [0.25, 0.3) is 0 Å². The number of nitrogens with one attached hydrogen (secondary N) is 2. The summed E-state index contributed by atoms with van der Waals surface area (Å²) in [7, 11) is 1.68. The molecule has 0 spiro atoms. The molecule has 3 rings (SSSR count). The molecule has 0 aliphatic carbocycles. The van der Waals surface area contributed by atoms with Crippen LogP contribution in [0.15, 0.2) is 23.2 Å². The molecule has 2 N–H and O–H groups in total. The van der Waals surface area contributed by atoms with E-state index < -0.39 is 6.61 Å². The number of morpholine rings is 1. The maximum atomic E-state index is 12.6. The van der Waals surface area contributed by atoms with E-state index in [1.807, 2.05) is 13.0 Å². The molecular weight excluding hydrogens is 481 g/mol. The Bertz CT molecular complexity index is 663. The fourth-order valence-electron chi connectivity index (χ4n) is 3.68. The Balaban J connectivity index is 0.00000280. The average Bonchev–Trinajstić information content (AvgIpc) is 3.11. The van der Waals surface area contributed by atoms with Crippen molar-refractivity contribution in [1.29, 1.82) is 0 Å². The predicted molar refractivity (Wildman–Crippen MR) is 116 cm³/mol. The summed E-state index contributed by atoms with van der Waals surface area (Å²) >= 11 is 0. The molecule has 2 saturated heterocycles. The zero-order valence-electron chi connectivity index (χ0n) is 16.3. The van der Waals surface area contributed by atoms with Gasteiger partial charge in [0.1, 0.15) is 5.75 Å². The number of alkyl halides is 2. The summed E-state index contributed by atoms with van der Waals surface area (Å²) in [6.07, 6.45) is 2.59. The first-order valence-electron chi connectivity index (χ1n) is 9.39. The third-order valence-corrected chi connectivity index (χ3v) is 5.06.